The van der Waals surface area contributed by atoms with Gasteiger partial charge >= 0.3 is 5.76 Å². The highest BCUT2D eigenvalue weighted by molar-refractivity contribution is 6.76. The Balaban J connectivity index is 2.00. The summed E-state index contributed by atoms with van der Waals surface area (Å²) < 4.78 is 12.7. The molecule has 1 aromatic carbocycles. The molecule has 0 unspecified atom stereocenters. The smallest absolute Gasteiger partial charge is 0.407 e. The van der Waals surface area contributed by atoms with Gasteiger partial charge in [-0.3, -0.25) is 4.98 Å². The molecule has 162 valence electrons. The summed E-state index contributed by atoms with van der Waals surface area (Å²) in [5, 5.41) is 0.721. The molecule has 2 aromatic heterocycles. The van der Waals surface area contributed by atoms with E-state index in [0.29, 0.717) is 44.8 Å². The molecule has 2 heterocycles. The average molecular weight is 468 g/mol. The zero-order chi connectivity index (χ0) is 22.3. The number of ether oxygens (including phenoxy) is 1. The van der Waals surface area contributed by atoms with Crippen molar-refractivity contribution >= 4 is 42.4 Å². The van der Waals surface area contributed by atoms with Gasteiger partial charge in [0.15, 0.2) is 10.7 Å². The van der Waals surface area contributed by atoms with Gasteiger partial charge in [0.05, 0.1) is 22.6 Å². The van der Waals surface area contributed by atoms with Crippen LogP contribution < -0.4 is 5.76 Å². The van der Waals surface area contributed by atoms with Crippen LogP contribution >= 0.6 is 23.2 Å². The highest BCUT2D eigenvalue weighted by atomic mass is 35.5. The normalized spacial score (nSPS) is 12.7. The number of oxazole rings is 1. The fourth-order valence-corrected chi connectivity index (χ4v) is 4.42. The van der Waals surface area contributed by atoms with Crippen molar-refractivity contribution in [1.82, 2.24) is 14.5 Å². The third kappa shape index (κ3) is 4.96. The van der Waals surface area contributed by atoms with E-state index in [1.807, 2.05) is 20.8 Å². The van der Waals surface area contributed by atoms with Gasteiger partial charge in [0.1, 0.15) is 12.2 Å². The fraction of sp³-hybridized carbons (Fsp3) is 0.476. The first-order chi connectivity index (χ1) is 13.9. The molecule has 3 rings (SSSR count). The van der Waals surface area contributed by atoms with E-state index in [2.05, 4.69) is 29.6 Å². The lowest BCUT2D eigenvalue weighted by Crippen LogP contribution is -2.23. The first kappa shape index (κ1) is 23.0. The molecule has 9 heteroatoms. The highest BCUT2D eigenvalue weighted by Crippen LogP contribution is 2.34. The van der Waals surface area contributed by atoms with E-state index in [-0.39, 0.29) is 12.1 Å². The predicted octanol–water partition coefficient (Wildman–Crippen LogP) is 5.97. The number of hydrogen-bond acceptors (Lipinski definition) is 5. The number of halogens is 2. The van der Waals surface area contributed by atoms with E-state index >= 15 is 0 Å². The average Bonchev–Trinajstić information content (AvgIpc) is 2.94. The minimum atomic E-state index is -1.22. The molecule has 0 amide bonds. The zero-order valence-electron chi connectivity index (χ0n) is 18.2. The second-order valence-electron chi connectivity index (χ2n) is 9.56. The Labute approximate surface area is 187 Å². The van der Waals surface area contributed by atoms with Crippen LogP contribution in [0.15, 0.2) is 27.5 Å². The molecule has 6 nitrogen and oxygen atoms in total. The number of nitrogens with zero attached hydrogens (tertiary/aromatic N) is 3. The number of rotatable bonds is 6. The largest absolute Gasteiger partial charge is 0.421 e. The molecule has 0 fully saturated rings. The zero-order valence-corrected chi connectivity index (χ0v) is 20.7. The van der Waals surface area contributed by atoms with Crippen LogP contribution in [0.25, 0.3) is 22.4 Å². The van der Waals surface area contributed by atoms with Gasteiger partial charge in [0, 0.05) is 25.7 Å². The van der Waals surface area contributed by atoms with Gasteiger partial charge in [-0.2, -0.15) is 0 Å². The Morgan fingerprint density at radius 3 is 2.50 bits per heavy atom. The van der Waals surface area contributed by atoms with Gasteiger partial charge in [-0.1, -0.05) is 63.6 Å². The lowest BCUT2D eigenvalue weighted by Gasteiger charge is -2.18. The third-order valence-electron chi connectivity index (χ3n) is 4.70. The quantitative estimate of drug-likeness (QED) is 0.329. The molecular formula is C21H27Cl2N3O3Si. The van der Waals surface area contributed by atoms with Crippen molar-refractivity contribution in [1.29, 1.82) is 0 Å². The monoisotopic (exact) mass is 467 g/mol. The fourth-order valence-electron chi connectivity index (χ4n) is 2.99. The lowest BCUT2D eigenvalue weighted by atomic mass is 9.92. The van der Waals surface area contributed by atoms with E-state index in [1.165, 1.54) is 4.57 Å². The Morgan fingerprint density at radius 2 is 1.90 bits per heavy atom. The van der Waals surface area contributed by atoms with Crippen LogP contribution in [-0.4, -0.2) is 29.2 Å². The van der Waals surface area contributed by atoms with Gasteiger partial charge in [0.25, 0.3) is 0 Å². The maximum Gasteiger partial charge on any atom is 0.421 e. The maximum absolute atomic E-state index is 12.5. The van der Waals surface area contributed by atoms with Crippen LogP contribution in [0, 0.1) is 0 Å². The lowest BCUT2D eigenvalue weighted by molar-refractivity contribution is 0.0850. The van der Waals surface area contributed by atoms with Gasteiger partial charge in [-0.15, -0.1) is 0 Å². The van der Waals surface area contributed by atoms with Crippen LogP contribution in [0.4, 0.5) is 0 Å². The van der Waals surface area contributed by atoms with Crippen LogP contribution in [0.2, 0.25) is 35.9 Å². The molecule has 30 heavy (non-hydrogen) atoms. The van der Waals surface area contributed by atoms with E-state index in [0.717, 1.165) is 6.04 Å². The molecule has 0 saturated carbocycles. The van der Waals surface area contributed by atoms with E-state index < -0.39 is 13.8 Å². The van der Waals surface area contributed by atoms with Gasteiger partial charge in [0.2, 0.25) is 0 Å². The van der Waals surface area contributed by atoms with Gasteiger partial charge < -0.3 is 9.15 Å². The highest BCUT2D eigenvalue weighted by Gasteiger charge is 2.23. The number of fused-ring (bicyclic) bond motifs is 1. The summed E-state index contributed by atoms with van der Waals surface area (Å²) in [6.45, 7) is 13.5. The van der Waals surface area contributed by atoms with E-state index in [9.17, 15) is 4.79 Å². The second-order valence-corrected chi connectivity index (χ2v) is 15.9. The number of benzene rings is 1. The molecule has 0 aliphatic heterocycles. The minimum absolute atomic E-state index is 0.0783. The molecule has 0 radical (unpaired) electrons. The van der Waals surface area contributed by atoms with E-state index in [1.54, 1.807) is 18.3 Å². The molecule has 0 aliphatic carbocycles. The Kier molecular flexibility index (Phi) is 6.48. The number of aromatic nitrogens is 3. The van der Waals surface area contributed by atoms with Crippen molar-refractivity contribution < 1.29 is 9.15 Å². The second kappa shape index (κ2) is 8.46. The summed E-state index contributed by atoms with van der Waals surface area (Å²) in [5.74, 6) is -0.530. The summed E-state index contributed by atoms with van der Waals surface area (Å²) in [6, 6.07) is 4.46. The Morgan fingerprint density at radius 1 is 1.20 bits per heavy atom. The van der Waals surface area contributed by atoms with Crippen molar-refractivity contribution in [2.45, 2.75) is 58.6 Å². The maximum atomic E-state index is 12.5. The van der Waals surface area contributed by atoms with Crippen molar-refractivity contribution in [3.8, 4) is 11.3 Å². The standard InChI is InChI=1S/C21H27Cl2N3O3Si/c1-21(2,3)18-19(23)25-15(11-24-18)13-7-8-14(22)16-17(13)29-20(27)26(16)12-28-9-10-30(4,5)6/h7-8,11H,9-10,12H2,1-6H3. The molecule has 0 saturated heterocycles. The van der Waals surface area contributed by atoms with Gasteiger partial charge in [-0.05, 0) is 18.2 Å². The van der Waals surface area contributed by atoms with Crippen molar-refractivity contribution in [3.63, 3.8) is 0 Å². The van der Waals surface area contributed by atoms with Crippen LogP contribution in [-0.2, 0) is 16.9 Å². The van der Waals surface area contributed by atoms with Gasteiger partial charge in [-0.25, -0.2) is 14.3 Å². The summed E-state index contributed by atoms with van der Waals surface area (Å²) >= 11 is 12.8. The van der Waals surface area contributed by atoms with Crippen molar-refractivity contribution in [2.75, 3.05) is 6.61 Å². The molecule has 0 aliphatic rings. The summed E-state index contributed by atoms with van der Waals surface area (Å²) in [4.78, 5) is 21.5. The first-order valence-corrected chi connectivity index (χ1v) is 14.3. The Bertz CT molecular complexity index is 1130. The summed E-state index contributed by atoms with van der Waals surface area (Å²) in [6.07, 6.45) is 1.64. The number of hydrogen-bond donors (Lipinski definition) is 0. The summed E-state index contributed by atoms with van der Waals surface area (Å²) in [5.41, 5.74) is 2.40. The Hall–Kier alpha value is -1.67. The minimum Gasteiger partial charge on any atom is -0.407 e. The van der Waals surface area contributed by atoms with Crippen molar-refractivity contribution in [3.05, 3.63) is 44.7 Å². The topological polar surface area (TPSA) is 70.2 Å². The molecule has 3 aromatic rings. The molecular weight excluding hydrogens is 441 g/mol. The van der Waals surface area contributed by atoms with Crippen LogP contribution in [0.1, 0.15) is 26.5 Å². The van der Waals surface area contributed by atoms with Crippen LogP contribution in [0.5, 0.6) is 0 Å². The molecule has 0 atom stereocenters. The van der Waals surface area contributed by atoms with E-state index in [4.69, 9.17) is 32.4 Å². The molecule has 0 bridgehead atoms. The molecule has 0 N–H and O–H groups in total. The predicted molar refractivity (Wildman–Crippen MR) is 124 cm³/mol. The third-order valence-corrected chi connectivity index (χ3v) is 6.97. The van der Waals surface area contributed by atoms with Crippen molar-refractivity contribution in [2.24, 2.45) is 0 Å². The van der Waals surface area contributed by atoms with Crippen LogP contribution in [0.3, 0.4) is 0 Å². The SMILES string of the molecule is CC(C)(C)c1ncc(-c2ccc(Cl)c3c2oc(=O)n3COCC[Si](C)(C)C)nc1Cl. The molecule has 0 spiro atoms. The summed E-state index contributed by atoms with van der Waals surface area (Å²) in [7, 11) is -1.22. The first-order valence-electron chi connectivity index (χ1n) is 9.81.